The van der Waals surface area contributed by atoms with E-state index in [-0.39, 0.29) is 49.5 Å². The van der Waals surface area contributed by atoms with Gasteiger partial charge in [-0.15, -0.1) is 12.4 Å². The molecule has 498 valence electrons. The van der Waals surface area contributed by atoms with Crippen molar-refractivity contribution in [3.63, 3.8) is 0 Å². The molecule has 0 aliphatic carbocycles. The van der Waals surface area contributed by atoms with Crippen molar-refractivity contribution in [2.24, 2.45) is 0 Å². The second-order valence-electron chi connectivity index (χ2n) is 19.9. The van der Waals surface area contributed by atoms with Crippen LogP contribution in [0.3, 0.4) is 0 Å². The first-order chi connectivity index (χ1) is 41.4. The third-order valence-corrected chi connectivity index (χ3v) is 11.4. The van der Waals surface area contributed by atoms with E-state index >= 15 is 0 Å². The summed E-state index contributed by atoms with van der Waals surface area (Å²) < 4.78 is 19.8. The maximum Gasteiger partial charge on any atom is 0.363 e. The molecule has 4 aliphatic rings. The molecule has 31 nitrogen and oxygen atoms in total. The van der Waals surface area contributed by atoms with Crippen LogP contribution in [-0.4, -0.2) is 221 Å². The van der Waals surface area contributed by atoms with E-state index < -0.39 is 26.0 Å². The Balaban J connectivity index is -0.00000102. The second-order valence-corrected chi connectivity index (χ2v) is 20.3. The first-order valence-corrected chi connectivity index (χ1v) is 27.9. The molecule has 4 saturated heterocycles. The topological polar surface area (TPSA) is 410 Å². The van der Waals surface area contributed by atoms with E-state index in [2.05, 4.69) is 52.6 Å². The fraction of sp³-hybridized carbons (Fsp3) is 0.564. The zero-order valence-electron chi connectivity index (χ0n) is 51.5. The van der Waals surface area contributed by atoms with Crippen LogP contribution < -0.4 is 36.4 Å². The van der Waals surface area contributed by atoms with Crippen molar-refractivity contribution in [2.75, 3.05) is 146 Å². The Morgan fingerprint density at radius 2 is 0.944 bits per heavy atom. The van der Waals surface area contributed by atoms with E-state index in [1.54, 1.807) is 46.2 Å². The summed E-state index contributed by atoms with van der Waals surface area (Å²) in [5.74, 6) is 1.79. The SMILES string of the molecule is C.C1CNCCN1.CC(C)(C)OC(=O)N1CCN(c2ccc(N)nc2)CC1.CC(C)(C)OC(=O)N1CCN(c2ccc([N+](=O)[O-])nc2)CC1.CCCCO.CO.CO.Cl.O=BC#CO.O=[N+]([O-])c1ccc(Cl)cn1.O=[N+]([O-])c1ccc(N2CCNCC2)cn1. The number of piperazine rings is 4. The Bertz CT molecular complexity index is 2600. The molecular weight excluding hydrogens is 1210 g/mol. The van der Waals surface area contributed by atoms with Gasteiger partial charge in [-0.05, 0) is 108 Å². The van der Waals surface area contributed by atoms with Gasteiger partial charge in [0.15, 0.2) is 18.6 Å². The van der Waals surface area contributed by atoms with Crippen molar-refractivity contribution in [2.45, 2.75) is 79.9 Å². The average molecular weight is 1300 g/mol. The van der Waals surface area contributed by atoms with Crippen LogP contribution in [0.25, 0.3) is 0 Å². The molecule has 0 aromatic carbocycles. The average Bonchev–Trinajstić information content (AvgIpc) is 3.55. The number of nitro groups is 3. The van der Waals surface area contributed by atoms with Gasteiger partial charge in [-0.25, -0.2) is 14.6 Å². The molecule has 0 radical (unpaired) electrons. The van der Waals surface area contributed by atoms with Gasteiger partial charge in [-0.2, -0.15) is 0 Å². The number of halogens is 2. The molecule has 0 saturated carbocycles. The van der Waals surface area contributed by atoms with Gasteiger partial charge >= 0.3 is 58.5 Å². The van der Waals surface area contributed by atoms with Crippen molar-refractivity contribution in [3.8, 4) is 11.9 Å². The minimum Gasteiger partial charge on any atom is -0.366 e. The van der Waals surface area contributed by atoms with Crippen molar-refractivity contribution >= 4 is 83.7 Å². The number of carbonyl (C=O) groups is 2. The maximum atomic E-state index is 12.0. The zero-order chi connectivity index (χ0) is 65.8. The van der Waals surface area contributed by atoms with Crippen molar-refractivity contribution in [1.82, 2.24) is 45.7 Å². The van der Waals surface area contributed by atoms with Crippen molar-refractivity contribution < 1.29 is 59.0 Å². The third kappa shape index (κ3) is 38.9. The fourth-order valence-electron chi connectivity index (χ4n) is 7.07. The predicted molar refractivity (Wildman–Crippen MR) is 346 cm³/mol. The number of pyridine rings is 4. The number of nitrogens with zero attached hydrogens (tertiary/aromatic N) is 12. The molecule has 4 aliphatic heterocycles. The molecule has 0 unspecified atom stereocenters. The number of aromatic nitrogens is 4. The molecule has 4 aromatic rings. The summed E-state index contributed by atoms with van der Waals surface area (Å²) in [7, 11) is 2.32. The van der Waals surface area contributed by atoms with Gasteiger partial charge in [0, 0.05) is 144 Å². The number of amides is 2. The number of nitrogens with one attached hydrogen (secondary N) is 3. The predicted octanol–water partition coefficient (Wildman–Crippen LogP) is 5.37. The summed E-state index contributed by atoms with van der Waals surface area (Å²) in [5.41, 5.74) is 7.42. The first kappa shape index (κ1) is 85.3. The number of anilines is 4. The van der Waals surface area contributed by atoms with E-state index in [9.17, 15) is 39.9 Å². The Morgan fingerprint density at radius 3 is 1.18 bits per heavy atom. The Hall–Kier alpha value is -7.90. The number of nitrogens with two attached hydrogens (primary N) is 1. The first-order valence-electron chi connectivity index (χ1n) is 27.5. The summed E-state index contributed by atoms with van der Waals surface area (Å²) in [4.78, 5) is 78.3. The molecule has 2 amide bonds. The summed E-state index contributed by atoms with van der Waals surface area (Å²) >= 11 is 5.43. The monoisotopic (exact) mass is 1300 g/mol. The summed E-state index contributed by atoms with van der Waals surface area (Å²) in [6.45, 7) is 27.0. The molecule has 8 rings (SSSR count). The van der Waals surface area contributed by atoms with Crippen LogP contribution in [0.2, 0.25) is 5.02 Å². The largest absolute Gasteiger partial charge is 0.366 e. The van der Waals surface area contributed by atoms with Crippen LogP contribution in [0, 0.1) is 42.3 Å². The van der Waals surface area contributed by atoms with Crippen molar-refractivity contribution in [3.05, 3.63) is 109 Å². The van der Waals surface area contributed by atoms with Crippen LogP contribution in [0.5, 0.6) is 0 Å². The van der Waals surface area contributed by atoms with Crippen LogP contribution >= 0.6 is 24.0 Å². The van der Waals surface area contributed by atoms with E-state index in [1.807, 2.05) is 52.5 Å². The number of rotatable bonds is 8. The van der Waals surface area contributed by atoms with E-state index in [1.165, 1.54) is 42.8 Å². The van der Waals surface area contributed by atoms with Gasteiger partial charge in [-0.3, -0.25) is 0 Å². The molecule has 0 atom stereocenters. The molecule has 34 heteroatoms. The number of aliphatic hydroxyl groups is 4. The van der Waals surface area contributed by atoms with Gasteiger partial charge in [-0.1, -0.05) is 32.4 Å². The van der Waals surface area contributed by atoms with Gasteiger partial charge in [0.05, 0.1) is 28.3 Å². The minimum atomic E-state index is -0.573. The number of aliphatic hydroxyl groups excluding tert-OH is 4. The van der Waals surface area contributed by atoms with Gasteiger partial charge in [0.1, 0.15) is 17.0 Å². The number of ether oxygens (including phenoxy) is 2. The molecule has 4 fully saturated rings. The smallest absolute Gasteiger partial charge is 0.363 e. The molecule has 4 aromatic heterocycles. The number of hydrogen-bond donors (Lipinski definition) is 8. The number of carbonyl (C=O) groups excluding carboxylic acids is 2. The van der Waals surface area contributed by atoms with E-state index in [4.69, 9.17) is 51.9 Å². The number of hydrogen-bond acceptors (Lipinski definition) is 26. The quantitative estimate of drug-likeness (QED) is 0.0475. The zero-order valence-corrected chi connectivity index (χ0v) is 53.0. The third-order valence-electron chi connectivity index (χ3n) is 11.2. The Morgan fingerprint density at radius 1 is 0.607 bits per heavy atom. The molecule has 0 bridgehead atoms. The van der Waals surface area contributed by atoms with E-state index in [0.717, 1.165) is 110 Å². The number of nitrogen functional groups attached to an aromatic ring is 1. The molecular formula is C55H91BCl2N16O15. The molecule has 0 spiro atoms. The Labute approximate surface area is 532 Å². The second kappa shape index (κ2) is 49.0. The fourth-order valence-corrected chi connectivity index (χ4v) is 7.18. The van der Waals surface area contributed by atoms with Crippen molar-refractivity contribution in [1.29, 1.82) is 0 Å². The molecule has 8 heterocycles. The van der Waals surface area contributed by atoms with Crippen LogP contribution in [0.4, 0.5) is 49.9 Å². The van der Waals surface area contributed by atoms with E-state index in [0.29, 0.717) is 63.9 Å². The maximum absolute atomic E-state index is 12.0. The molecule has 9 N–H and O–H groups in total. The van der Waals surface area contributed by atoms with Crippen LogP contribution in [0.15, 0.2) is 73.3 Å². The van der Waals surface area contributed by atoms with Gasteiger partial charge in [0.25, 0.3) is 0 Å². The summed E-state index contributed by atoms with van der Waals surface area (Å²) in [5, 5.41) is 70.6. The number of unbranched alkanes of at least 4 members (excludes halogenated alkanes) is 1. The minimum absolute atomic E-state index is 0. The standard InChI is InChI=1S/C14H20N4O4.C14H22N4O2.C9H12N4O2.C5H3ClN2O2.C4H10N2.C4H10O.C2HBO2.2CH4O.CH4.ClH/c1-14(2,3)22-13(19)17-8-6-16(7-9-17)11-4-5-12(15-10-11)18(20)21;1-14(2,3)20-13(19)18-8-6-17(7-9-18)11-4-5-12(15)16-10-11;14-13(15)9-2-1-8(7-11-9)12-5-3-10-4-6-12;6-4-1-2-5(7-3-4)8(9)10;1-2-6-4-3-5-1;1-2-3-4-5;4-2-1-3-5;2*1-2;;/h4-5,10H,6-9H2,1-3H3;4-5,10H,6-9H2,1-3H3,(H2,15,16);1-2,7,10H,3-6H2;1-3H;5-6H,1-4H2;5H,2-4H2,1H3;4H;2*2H,1H3;1H4;1H. The summed E-state index contributed by atoms with van der Waals surface area (Å²) in [6, 6.07) is 12.7. The van der Waals surface area contributed by atoms with Gasteiger partial charge < -0.3 is 101 Å². The Kier molecular flexibility index (Phi) is 47.0. The van der Waals surface area contributed by atoms with Crippen LogP contribution in [0.1, 0.15) is 68.7 Å². The summed E-state index contributed by atoms with van der Waals surface area (Å²) in [6.07, 6.45) is 8.93. The van der Waals surface area contributed by atoms with Crippen LogP contribution in [-0.2, 0) is 14.2 Å². The molecule has 89 heavy (non-hydrogen) atoms. The normalized spacial score (nSPS) is 13.7. The van der Waals surface area contributed by atoms with Gasteiger partial charge in [0.2, 0.25) is 0 Å².